The first-order chi connectivity index (χ1) is 9.20. The summed E-state index contributed by atoms with van der Waals surface area (Å²) in [6.07, 6.45) is -0.617. The van der Waals surface area contributed by atoms with E-state index in [-0.39, 0.29) is 18.1 Å². The summed E-state index contributed by atoms with van der Waals surface area (Å²) < 4.78 is 40.5. The normalized spacial score (nSPS) is 20.0. The van der Waals surface area contributed by atoms with E-state index in [0.29, 0.717) is 5.56 Å². The first-order valence-corrected chi connectivity index (χ1v) is 7.89. The summed E-state index contributed by atoms with van der Waals surface area (Å²) in [5, 5.41) is 0. The van der Waals surface area contributed by atoms with Crippen LogP contribution >= 0.6 is 0 Å². The van der Waals surface area contributed by atoms with E-state index in [0.717, 1.165) is 5.56 Å². The lowest BCUT2D eigenvalue weighted by atomic mass is 10.2. The molecule has 1 aliphatic rings. The Morgan fingerprint density at radius 3 is 2.35 bits per heavy atom. The maximum absolute atomic E-state index is 12.3. The first kappa shape index (κ1) is 15.4. The molecule has 0 saturated carbocycles. The van der Waals surface area contributed by atoms with Crippen molar-refractivity contribution in [2.24, 2.45) is 0 Å². The zero-order chi connectivity index (χ0) is 15.0. The molecular weight excluding hydrogens is 280 g/mol. The molecule has 1 aliphatic heterocycles. The molecule has 0 atom stereocenters. The summed E-state index contributed by atoms with van der Waals surface area (Å²) >= 11 is 0. The van der Waals surface area contributed by atoms with E-state index in [2.05, 4.69) is 0 Å². The van der Waals surface area contributed by atoms with Gasteiger partial charge in [0, 0.05) is 0 Å². The lowest BCUT2D eigenvalue weighted by Crippen LogP contribution is -2.43. The van der Waals surface area contributed by atoms with E-state index in [9.17, 15) is 8.42 Å². The molecule has 6 heteroatoms. The average molecular weight is 300 g/mol. The Morgan fingerprint density at radius 1 is 1.20 bits per heavy atom. The molecule has 0 aliphatic carbocycles. The largest absolute Gasteiger partial charge is 0.348 e. The van der Waals surface area contributed by atoms with Crippen LogP contribution in [0.1, 0.15) is 25.0 Å². The van der Waals surface area contributed by atoms with Crippen LogP contribution in [-0.2, 0) is 23.8 Å². The fourth-order valence-corrected chi connectivity index (χ4v) is 3.30. The van der Waals surface area contributed by atoms with Crippen LogP contribution in [-0.4, -0.2) is 33.5 Å². The molecule has 0 bridgehead atoms. The van der Waals surface area contributed by atoms with Crippen molar-refractivity contribution < 1.29 is 22.1 Å². The molecule has 1 fully saturated rings. The van der Waals surface area contributed by atoms with E-state index in [1.807, 2.05) is 13.0 Å². The number of hydrogen-bond donors (Lipinski definition) is 0. The summed E-state index contributed by atoms with van der Waals surface area (Å²) in [6, 6.07) is 5.13. The second-order valence-corrected chi connectivity index (χ2v) is 7.00. The molecule has 20 heavy (non-hydrogen) atoms. The molecule has 0 unspecified atom stereocenters. The van der Waals surface area contributed by atoms with Crippen molar-refractivity contribution in [3.8, 4) is 0 Å². The van der Waals surface area contributed by atoms with Gasteiger partial charge in [-0.3, -0.25) is 4.18 Å². The van der Waals surface area contributed by atoms with Gasteiger partial charge >= 0.3 is 0 Å². The van der Waals surface area contributed by atoms with E-state index in [1.54, 1.807) is 32.9 Å². The molecule has 0 radical (unpaired) electrons. The van der Waals surface area contributed by atoms with E-state index in [1.165, 1.54) is 0 Å². The van der Waals surface area contributed by atoms with Gasteiger partial charge in [0.2, 0.25) is 0 Å². The third-order valence-electron chi connectivity index (χ3n) is 3.10. The summed E-state index contributed by atoms with van der Waals surface area (Å²) in [6.45, 7) is 7.60. The predicted octanol–water partition coefficient (Wildman–Crippen LogP) is 2.16. The first-order valence-electron chi connectivity index (χ1n) is 6.48. The number of ether oxygens (including phenoxy) is 2. The molecule has 1 saturated heterocycles. The van der Waals surface area contributed by atoms with E-state index < -0.39 is 22.0 Å². The topological polar surface area (TPSA) is 61.8 Å². The molecule has 1 aromatic carbocycles. The van der Waals surface area contributed by atoms with Gasteiger partial charge in [-0.2, -0.15) is 8.42 Å². The van der Waals surface area contributed by atoms with Crippen molar-refractivity contribution in [3.05, 3.63) is 29.3 Å². The Labute approximate surface area is 120 Å². The summed E-state index contributed by atoms with van der Waals surface area (Å²) in [4.78, 5) is 0.188. The minimum atomic E-state index is -3.80. The Balaban J connectivity index is 2.12. The van der Waals surface area contributed by atoms with Crippen molar-refractivity contribution in [1.82, 2.24) is 0 Å². The quantitative estimate of drug-likeness (QED) is 0.801. The standard InChI is InChI=1S/C14H20O5S/c1-10-5-6-13(11(2)7-10)20(15,16)19-12-8-17-14(3,4)18-9-12/h5-7,12H,8-9H2,1-4H3. The molecule has 1 heterocycles. The maximum Gasteiger partial charge on any atom is 0.297 e. The summed E-state index contributed by atoms with van der Waals surface area (Å²) in [7, 11) is -3.80. The third-order valence-corrected chi connectivity index (χ3v) is 4.62. The minimum Gasteiger partial charge on any atom is -0.348 e. The lowest BCUT2D eigenvalue weighted by Gasteiger charge is -2.34. The second kappa shape index (κ2) is 5.44. The lowest BCUT2D eigenvalue weighted by molar-refractivity contribution is -0.268. The van der Waals surface area contributed by atoms with E-state index in [4.69, 9.17) is 13.7 Å². The molecule has 0 N–H and O–H groups in total. The van der Waals surface area contributed by atoms with Gasteiger partial charge in [0.05, 0.1) is 18.1 Å². The molecule has 0 aromatic heterocycles. The monoisotopic (exact) mass is 300 g/mol. The molecule has 5 nitrogen and oxygen atoms in total. The average Bonchev–Trinajstić information content (AvgIpc) is 2.31. The van der Waals surface area contributed by atoms with Gasteiger partial charge in [0.1, 0.15) is 6.10 Å². The van der Waals surface area contributed by atoms with Crippen LogP contribution in [0.4, 0.5) is 0 Å². The Morgan fingerprint density at radius 2 is 1.80 bits per heavy atom. The molecule has 1 aromatic rings. The Kier molecular flexibility index (Phi) is 4.20. The van der Waals surface area contributed by atoms with Gasteiger partial charge in [-0.1, -0.05) is 17.7 Å². The zero-order valence-electron chi connectivity index (χ0n) is 12.2. The maximum atomic E-state index is 12.3. The van der Waals surface area contributed by atoms with Crippen LogP contribution in [0.5, 0.6) is 0 Å². The fourth-order valence-electron chi connectivity index (χ4n) is 2.04. The summed E-state index contributed by atoms with van der Waals surface area (Å²) in [5.41, 5.74) is 1.68. The number of hydrogen-bond acceptors (Lipinski definition) is 5. The molecule has 2 rings (SSSR count). The van der Waals surface area contributed by atoms with Gasteiger partial charge in [0.25, 0.3) is 10.1 Å². The van der Waals surface area contributed by atoms with Crippen LogP contribution in [0.15, 0.2) is 23.1 Å². The van der Waals surface area contributed by atoms with Gasteiger partial charge in [-0.25, -0.2) is 0 Å². The van der Waals surface area contributed by atoms with Crippen LogP contribution in [0.3, 0.4) is 0 Å². The predicted molar refractivity (Wildman–Crippen MR) is 74.0 cm³/mol. The number of aryl methyl sites for hydroxylation is 2. The van der Waals surface area contributed by atoms with Gasteiger partial charge in [-0.15, -0.1) is 0 Å². The van der Waals surface area contributed by atoms with E-state index >= 15 is 0 Å². The highest BCUT2D eigenvalue weighted by molar-refractivity contribution is 7.86. The van der Waals surface area contributed by atoms with Crippen molar-refractivity contribution in [2.45, 2.75) is 44.5 Å². The highest BCUT2D eigenvalue weighted by Gasteiger charge is 2.32. The van der Waals surface area contributed by atoms with Gasteiger partial charge < -0.3 is 9.47 Å². The Bertz CT molecular complexity index is 582. The zero-order valence-corrected chi connectivity index (χ0v) is 13.0. The Hall–Kier alpha value is -0.950. The van der Waals surface area contributed by atoms with Crippen LogP contribution < -0.4 is 0 Å². The SMILES string of the molecule is Cc1ccc(S(=O)(=O)OC2COC(C)(C)OC2)c(C)c1. The van der Waals surface area contributed by atoms with Crippen molar-refractivity contribution in [2.75, 3.05) is 13.2 Å². The summed E-state index contributed by atoms with van der Waals surface area (Å²) in [5.74, 6) is -0.691. The van der Waals surface area contributed by atoms with Crippen LogP contribution in [0.25, 0.3) is 0 Å². The number of rotatable bonds is 3. The van der Waals surface area contributed by atoms with Crippen LogP contribution in [0, 0.1) is 13.8 Å². The van der Waals surface area contributed by atoms with Crippen molar-refractivity contribution >= 4 is 10.1 Å². The highest BCUT2D eigenvalue weighted by Crippen LogP contribution is 2.24. The highest BCUT2D eigenvalue weighted by atomic mass is 32.2. The smallest absolute Gasteiger partial charge is 0.297 e. The molecular formula is C14H20O5S. The van der Waals surface area contributed by atoms with Crippen molar-refractivity contribution in [3.63, 3.8) is 0 Å². The molecule has 0 amide bonds. The van der Waals surface area contributed by atoms with Crippen molar-refractivity contribution in [1.29, 1.82) is 0 Å². The minimum absolute atomic E-state index is 0.188. The van der Waals surface area contributed by atoms with Gasteiger partial charge in [0.15, 0.2) is 5.79 Å². The molecule has 112 valence electrons. The second-order valence-electron chi connectivity index (χ2n) is 5.46. The van der Waals surface area contributed by atoms with Crippen LogP contribution in [0.2, 0.25) is 0 Å². The van der Waals surface area contributed by atoms with Gasteiger partial charge in [-0.05, 0) is 39.3 Å². The third kappa shape index (κ3) is 3.58. The molecule has 0 spiro atoms. The number of benzene rings is 1. The fraction of sp³-hybridized carbons (Fsp3) is 0.571.